The zero-order chi connectivity index (χ0) is 21.0. The van der Waals surface area contributed by atoms with Crippen molar-refractivity contribution in [3.05, 3.63) is 77.4 Å². The van der Waals surface area contributed by atoms with E-state index in [0.717, 1.165) is 38.1 Å². The lowest BCUT2D eigenvalue weighted by molar-refractivity contribution is -0.897. The van der Waals surface area contributed by atoms with E-state index in [1.165, 1.54) is 40.9 Å². The Morgan fingerprint density at radius 3 is 2.42 bits per heavy atom. The van der Waals surface area contributed by atoms with Gasteiger partial charge in [0.25, 0.3) is 5.91 Å². The summed E-state index contributed by atoms with van der Waals surface area (Å²) in [6.45, 7) is 2.77. The number of quaternary nitrogens is 1. The van der Waals surface area contributed by atoms with Crippen LogP contribution in [0.4, 0.5) is 0 Å². The van der Waals surface area contributed by atoms with Crippen molar-refractivity contribution in [2.75, 3.05) is 19.6 Å². The van der Waals surface area contributed by atoms with Gasteiger partial charge >= 0.3 is 0 Å². The van der Waals surface area contributed by atoms with E-state index in [1.807, 2.05) is 17.1 Å². The molecule has 1 aliphatic carbocycles. The van der Waals surface area contributed by atoms with E-state index in [2.05, 4.69) is 54.6 Å². The monoisotopic (exact) mass is 414 g/mol. The minimum Gasteiger partial charge on any atom is -0.327 e. The molecule has 2 fully saturated rings. The van der Waals surface area contributed by atoms with Crippen molar-refractivity contribution in [1.82, 2.24) is 5.01 Å². The summed E-state index contributed by atoms with van der Waals surface area (Å²) in [5.41, 5.74) is 4.84. The van der Waals surface area contributed by atoms with Crippen LogP contribution in [0, 0.1) is 5.92 Å². The Labute approximate surface area is 185 Å². The fourth-order valence-electron chi connectivity index (χ4n) is 5.46. The van der Waals surface area contributed by atoms with Crippen molar-refractivity contribution < 1.29 is 9.69 Å². The van der Waals surface area contributed by atoms with Crippen LogP contribution in [0.2, 0.25) is 0 Å². The fraction of sp³-hybridized carbons (Fsp3) is 0.407. The first-order valence-corrected chi connectivity index (χ1v) is 11.8. The highest BCUT2D eigenvalue weighted by atomic mass is 16.2. The molecule has 31 heavy (non-hydrogen) atoms. The second-order valence-corrected chi connectivity index (χ2v) is 9.15. The van der Waals surface area contributed by atoms with Crippen molar-refractivity contribution in [3.63, 3.8) is 0 Å². The molecule has 1 N–H and O–H groups in total. The summed E-state index contributed by atoms with van der Waals surface area (Å²) < 4.78 is 0. The van der Waals surface area contributed by atoms with Crippen LogP contribution < -0.4 is 4.90 Å². The molecule has 3 aliphatic rings. The predicted molar refractivity (Wildman–Crippen MR) is 125 cm³/mol. The molecule has 2 aromatic carbocycles. The number of amides is 1. The van der Waals surface area contributed by atoms with Gasteiger partial charge in [-0.05, 0) is 61.3 Å². The molecule has 2 heterocycles. The van der Waals surface area contributed by atoms with E-state index in [0.29, 0.717) is 6.54 Å². The van der Waals surface area contributed by atoms with Gasteiger partial charge in [-0.3, -0.25) is 4.79 Å². The fourth-order valence-corrected chi connectivity index (χ4v) is 5.46. The van der Waals surface area contributed by atoms with Crippen LogP contribution in [0.3, 0.4) is 0 Å². The maximum atomic E-state index is 13.5. The number of rotatable bonds is 4. The molecule has 0 aromatic heterocycles. The molecule has 4 nitrogen and oxygen atoms in total. The number of nitrogens with one attached hydrogen (secondary N) is 1. The van der Waals surface area contributed by atoms with Gasteiger partial charge in [-0.25, -0.2) is 5.01 Å². The van der Waals surface area contributed by atoms with Crippen molar-refractivity contribution in [1.29, 1.82) is 0 Å². The van der Waals surface area contributed by atoms with Crippen LogP contribution in [-0.4, -0.2) is 36.3 Å². The molecule has 0 unspecified atom stereocenters. The maximum Gasteiger partial charge on any atom is 0.298 e. The second-order valence-electron chi connectivity index (χ2n) is 9.15. The number of piperidine rings is 1. The SMILES string of the molecule is O=C(C[NH+]1CCCCC1)N1N=C2/C(=C/c3ccccc3)CCC[C@H]2[C@@H]1c1ccccc1. The van der Waals surface area contributed by atoms with Gasteiger partial charge in [0.2, 0.25) is 0 Å². The summed E-state index contributed by atoms with van der Waals surface area (Å²) >= 11 is 0. The highest BCUT2D eigenvalue weighted by Crippen LogP contribution is 2.44. The molecule has 0 radical (unpaired) electrons. The van der Waals surface area contributed by atoms with Crippen LogP contribution in [0.15, 0.2) is 71.3 Å². The van der Waals surface area contributed by atoms with Crippen molar-refractivity contribution in [3.8, 4) is 0 Å². The average molecular weight is 415 g/mol. The lowest BCUT2D eigenvalue weighted by atomic mass is 9.77. The third kappa shape index (κ3) is 4.35. The first kappa shape index (κ1) is 20.2. The number of allylic oxidation sites excluding steroid dienone is 1. The topological polar surface area (TPSA) is 37.1 Å². The van der Waals surface area contributed by atoms with Gasteiger partial charge in [0.1, 0.15) is 0 Å². The van der Waals surface area contributed by atoms with Crippen LogP contribution in [0.1, 0.15) is 55.7 Å². The van der Waals surface area contributed by atoms with Crippen LogP contribution in [0.25, 0.3) is 6.08 Å². The Bertz CT molecular complexity index is 960. The number of benzene rings is 2. The van der Waals surface area contributed by atoms with Crippen molar-refractivity contribution in [2.45, 2.75) is 44.6 Å². The molecule has 2 aliphatic heterocycles. The number of carbonyl (C=O) groups excluding carboxylic acids is 1. The van der Waals surface area contributed by atoms with Crippen LogP contribution in [0.5, 0.6) is 0 Å². The van der Waals surface area contributed by atoms with Gasteiger partial charge in [-0.2, -0.15) is 5.10 Å². The van der Waals surface area contributed by atoms with Gasteiger partial charge in [0.15, 0.2) is 6.54 Å². The lowest BCUT2D eigenvalue weighted by Gasteiger charge is -2.30. The van der Waals surface area contributed by atoms with E-state index in [9.17, 15) is 4.79 Å². The summed E-state index contributed by atoms with van der Waals surface area (Å²) in [7, 11) is 0. The molecular weight excluding hydrogens is 382 g/mol. The number of hydrogen-bond acceptors (Lipinski definition) is 2. The van der Waals surface area contributed by atoms with Crippen molar-refractivity contribution >= 4 is 17.7 Å². The molecule has 2 aromatic rings. The van der Waals surface area contributed by atoms with E-state index < -0.39 is 0 Å². The smallest absolute Gasteiger partial charge is 0.298 e. The maximum absolute atomic E-state index is 13.5. The number of hydrogen-bond donors (Lipinski definition) is 1. The summed E-state index contributed by atoms with van der Waals surface area (Å²) in [6, 6.07) is 21.0. The first-order valence-electron chi connectivity index (χ1n) is 11.8. The van der Waals surface area contributed by atoms with Crippen LogP contribution in [-0.2, 0) is 4.79 Å². The molecule has 1 amide bonds. The van der Waals surface area contributed by atoms with Gasteiger partial charge in [-0.15, -0.1) is 0 Å². The first-order chi connectivity index (χ1) is 15.3. The van der Waals surface area contributed by atoms with Gasteiger partial charge in [0, 0.05) is 5.92 Å². The zero-order valence-electron chi connectivity index (χ0n) is 18.2. The van der Waals surface area contributed by atoms with E-state index in [1.54, 1.807) is 0 Å². The third-order valence-corrected chi connectivity index (χ3v) is 7.00. The molecule has 1 saturated heterocycles. The van der Waals surface area contributed by atoms with Crippen molar-refractivity contribution in [2.24, 2.45) is 11.0 Å². The predicted octanol–water partition coefficient (Wildman–Crippen LogP) is 3.88. The molecule has 160 valence electrons. The van der Waals surface area contributed by atoms with Crippen LogP contribution >= 0.6 is 0 Å². The molecule has 2 atom stereocenters. The number of nitrogens with zero attached hydrogens (tertiary/aromatic N) is 2. The highest BCUT2D eigenvalue weighted by Gasteiger charge is 2.44. The lowest BCUT2D eigenvalue weighted by Crippen LogP contribution is -3.13. The molecule has 1 saturated carbocycles. The second kappa shape index (κ2) is 9.19. The van der Waals surface area contributed by atoms with Gasteiger partial charge < -0.3 is 4.90 Å². The van der Waals surface area contributed by atoms with Gasteiger partial charge in [-0.1, -0.05) is 60.7 Å². The average Bonchev–Trinajstić information content (AvgIpc) is 3.22. The molecule has 5 rings (SSSR count). The number of likely N-dealkylation sites (tertiary alicyclic amines) is 1. The Balaban J connectivity index is 1.47. The number of fused-ring (bicyclic) bond motifs is 1. The van der Waals surface area contributed by atoms with E-state index >= 15 is 0 Å². The number of hydrazone groups is 1. The Morgan fingerprint density at radius 2 is 1.68 bits per heavy atom. The summed E-state index contributed by atoms with van der Waals surface area (Å²) in [5, 5.41) is 6.88. The van der Waals surface area contributed by atoms with E-state index in [4.69, 9.17) is 5.10 Å². The van der Waals surface area contributed by atoms with Gasteiger partial charge in [0.05, 0.1) is 24.8 Å². The molecule has 4 heteroatoms. The minimum atomic E-state index is 0.0207. The molecule has 0 spiro atoms. The third-order valence-electron chi connectivity index (χ3n) is 7.00. The largest absolute Gasteiger partial charge is 0.327 e. The normalized spacial score (nSPS) is 25.4. The molecular formula is C27H32N3O+. The molecule has 0 bridgehead atoms. The highest BCUT2D eigenvalue weighted by molar-refractivity contribution is 6.08. The van der Waals surface area contributed by atoms with E-state index in [-0.39, 0.29) is 17.9 Å². The quantitative estimate of drug-likeness (QED) is 0.810. The Kier molecular flexibility index (Phi) is 5.99. The Hall–Kier alpha value is -2.72. The minimum absolute atomic E-state index is 0.0207. The Morgan fingerprint density at radius 1 is 0.968 bits per heavy atom. The summed E-state index contributed by atoms with van der Waals surface area (Å²) in [4.78, 5) is 14.9. The summed E-state index contributed by atoms with van der Waals surface area (Å²) in [6.07, 6.45) is 9.29. The zero-order valence-corrected chi connectivity index (χ0v) is 18.2. The number of carbonyl (C=O) groups is 1. The standard InChI is InChI=1S/C27H31N3O/c31-25(20-29-17-8-3-9-18-29)30-27(22-13-6-2-7-14-22)24-16-10-15-23(26(24)28-30)19-21-11-4-1-5-12-21/h1-2,4-7,11-14,19,24,27H,3,8-10,15-18,20H2/p+1/b23-19+/t24-,27+/m1/s1. The summed E-state index contributed by atoms with van der Waals surface area (Å²) in [5.74, 6) is 0.457.